The first-order valence-electron chi connectivity index (χ1n) is 8.24. The van der Waals surface area contributed by atoms with E-state index >= 15 is 0 Å². The predicted molar refractivity (Wildman–Crippen MR) is 126 cm³/mol. The van der Waals surface area contributed by atoms with E-state index in [0.717, 1.165) is 0 Å². The molecule has 0 aromatic heterocycles. The van der Waals surface area contributed by atoms with Gasteiger partial charge in [-0.2, -0.15) is 0 Å². The van der Waals surface area contributed by atoms with Gasteiger partial charge in [-0.1, -0.05) is 85.8 Å². The van der Waals surface area contributed by atoms with E-state index in [2.05, 4.69) is 0 Å². The predicted octanol–water partition coefficient (Wildman–Crippen LogP) is 9.95. The lowest BCUT2D eigenvalue weighted by Gasteiger charge is -2.04. The van der Waals surface area contributed by atoms with Crippen molar-refractivity contribution in [2.75, 3.05) is 11.5 Å². The van der Waals surface area contributed by atoms with Gasteiger partial charge in [0, 0.05) is 11.5 Å². The van der Waals surface area contributed by atoms with E-state index in [1.54, 1.807) is 0 Å². The fourth-order valence-corrected chi connectivity index (χ4v) is 19.5. The van der Waals surface area contributed by atoms with Gasteiger partial charge in [-0.3, -0.25) is 0 Å². The number of hydrogen-bond donors (Lipinski definition) is 0. The molecule has 1 aliphatic heterocycles. The maximum atomic E-state index is 2.03. The van der Waals surface area contributed by atoms with Gasteiger partial charge in [-0.05, 0) is 71.8 Å². The molecule has 1 heterocycles. The highest BCUT2D eigenvalue weighted by atomic mass is 34.0. The molecule has 0 N–H and O–H groups in total. The summed E-state index contributed by atoms with van der Waals surface area (Å²) in [5.74, 6) is 2.64. The van der Waals surface area contributed by atoms with Crippen LogP contribution in [0, 0.1) is 0 Å². The molecule has 0 spiro atoms. The zero-order chi connectivity index (χ0) is 15.6. The van der Waals surface area contributed by atoms with Gasteiger partial charge < -0.3 is 0 Å². The molecule has 0 saturated carbocycles. The van der Waals surface area contributed by atoms with E-state index in [1.165, 1.54) is 88.6 Å². The van der Waals surface area contributed by atoms with Crippen molar-refractivity contribution in [1.82, 2.24) is 0 Å². The second kappa shape index (κ2) is 20.1. The zero-order valence-corrected chi connectivity index (χ0v) is 19.7. The Balaban J connectivity index is 2.00. The van der Waals surface area contributed by atoms with Crippen molar-refractivity contribution in [3.8, 4) is 0 Å². The summed E-state index contributed by atoms with van der Waals surface area (Å²) in [5, 5.41) is 0. The van der Waals surface area contributed by atoms with Gasteiger partial charge in [0.1, 0.15) is 0 Å². The molecule has 22 heavy (non-hydrogen) atoms. The molecule has 0 aliphatic carbocycles. The van der Waals surface area contributed by atoms with Crippen LogP contribution in [0.25, 0.3) is 0 Å². The largest absolute Gasteiger partial charge is 0.0817 e. The molecule has 0 aromatic rings. The van der Waals surface area contributed by atoms with Crippen molar-refractivity contribution in [3.05, 3.63) is 0 Å². The Bertz CT molecular complexity index is 119. The van der Waals surface area contributed by atoms with Crippen molar-refractivity contribution in [2.24, 2.45) is 0 Å². The SMILES string of the molecule is C1CCCCCCCSSSSSSSSCCCCCC1. The smallest absolute Gasteiger partial charge is 0.00454 e. The average molecular weight is 453 g/mol. The third-order valence-electron chi connectivity index (χ3n) is 3.44. The number of rotatable bonds is 0. The molecule has 8 heteroatoms. The van der Waals surface area contributed by atoms with E-state index in [0.29, 0.717) is 0 Å². The van der Waals surface area contributed by atoms with Crippen molar-refractivity contribution in [3.63, 3.8) is 0 Å². The van der Waals surface area contributed by atoms with Crippen molar-refractivity contribution in [2.45, 2.75) is 77.0 Å². The summed E-state index contributed by atoms with van der Waals surface area (Å²) in [4.78, 5) is 0. The molecule has 0 unspecified atom stereocenters. The third-order valence-corrected chi connectivity index (χ3v) is 19.0. The topological polar surface area (TPSA) is 0 Å². The Labute approximate surface area is 167 Å². The zero-order valence-electron chi connectivity index (χ0n) is 13.2. The molecule has 1 saturated heterocycles. The monoisotopic (exact) mass is 452 g/mol. The molecule has 0 radical (unpaired) electrons. The lowest BCUT2D eigenvalue weighted by atomic mass is 10.1. The van der Waals surface area contributed by atoms with E-state index in [1.807, 2.05) is 80.5 Å². The second-order valence-electron chi connectivity index (χ2n) is 5.29. The normalized spacial score (nSPS) is 24.0. The molecular formula is C14H28S8. The van der Waals surface area contributed by atoms with E-state index in [4.69, 9.17) is 0 Å². The summed E-state index contributed by atoms with van der Waals surface area (Å²) in [6, 6.07) is 0. The first-order valence-corrected chi connectivity index (χ1v) is 18.7. The van der Waals surface area contributed by atoms with Gasteiger partial charge in [-0.15, -0.1) is 0 Å². The quantitative estimate of drug-likeness (QED) is 0.328. The van der Waals surface area contributed by atoms with Crippen LogP contribution in [0.5, 0.6) is 0 Å². The first-order chi connectivity index (χ1) is 11.0. The molecule has 0 amide bonds. The fourth-order valence-electron chi connectivity index (χ4n) is 2.24. The van der Waals surface area contributed by atoms with Crippen LogP contribution in [-0.4, -0.2) is 11.5 Å². The molecule has 1 aliphatic rings. The lowest BCUT2D eigenvalue weighted by molar-refractivity contribution is 0.549. The summed E-state index contributed by atoms with van der Waals surface area (Å²) in [7, 11) is 15.6. The molecule has 1 rings (SSSR count). The molecular weight excluding hydrogens is 425 g/mol. The molecule has 132 valence electrons. The van der Waals surface area contributed by atoms with Gasteiger partial charge in [0.25, 0.3) is 0 Å². The van der Waals surface area contributed by atoms with Crippen LogP contribution < -0.4 is 0 Å². The maximum absolute atomic E-state index is 2.03. The minimum absolute atomic E-state index is 1.32. The van der Waals surface area contributed by atoms with Gasteiger partial charge in [0.05, 0.1) is 0 Å². The minimum Gasteiger partial charge on any atom is -0.0817 e. The molecule has 0 nitrogen and oxygen atoms in total. The van der Waals surface area contributed by atoms with Crippen LogP contribution in [0.2, 0.25) is 0 Å². The molecule has 1 fully saturated rings. The molecule has 0 aromatic carbocycles. The van der Waals surface area contributed by atoms with E-state index in [9.17, 15) is 0 Å². The fraction of sp³-hybridized carbons (Fsp3) is 1.00. The average Bonchev–Trinajstić information content (AvgIpc) is 2.53. The highest BCUT2D eigenvalue weighted by Crippen LogP contribution is 2.57. The van der Waals surface area contributed by atoms with Gasteiger partial charge in [-0.25, -0.2) is 0 Å². The Hall–Kier alpha value is 2.80. The minimum atomic E-state index is 1.32. The molecule has 0 atom stereocenters. The first kappa shape index (κ1) is 22.8. The van der Waals surface area contributed by atoms with E-state index < -0.39 is 0 Å². The van der Waals surface area contributed by atoms with Gasteiger partial charge in [0.2, 0.25) is 0 Å². The van der Waals surface area contributed by atoms with Crippen molar-refractivity contribution < 1.29 is 0 Å². The van der Waals surface area contributed by atoms with Crippen LogP contribution in [0.15, 0.2) is 0 Å². The van der Waals surface area contributed by atoms with Crippen LogP contribution >= 0.6 is 80.5 Å². The van der Waals surface area contributed by atoms with Crippen LogP contribution in [0.3, 0.4) is 0 Å². The Morgan fingerprint density at radius 1 is 0.273 bits per heavy atom. The Morgan fingerprint density at radius 3 is 0.909 bits per heavy atom. The van der Waals surface area contributed by atoms with Crippen molar-refractivity contribution >= 4 is 80.5 Å². The van der Waals surface area contributed by atoms with Crippen LogP contribution in [-0.2, 0) is 0 Å². The standard InChI is InChI=1S/C14H28S8/c1-2-4-6-8-10-12-14-16-18-20-22-21-19-17-15-13-11-9-7-5-3-1/h1-14H2. The summed E-state index contributed by atoms with van der Waals surface area (Å²) < 4.78 is 0. The van der Waals surface area contributed by atoms with Gasteiger partial charge in [0.15, 0.2) is 0 Å². The third kappa shape index (κ3) is 17.6. The van der Waals surface area contributed by atoms with E-state index in [-0.39, 0.29) is 0 Å². The number of hydrogen-bond acceptors (Lipinski definition) is 8. The highest BCUT2D eigenvalue weighted by molar-refractivity contribution is 9.48. The Morgan fingerprint density at radius 2 is 0.545 bits per heavy atom. The summed E-state index contributed by atoms with van der Waals surface area (Å²) >= 11 is 0. The van der Waals surface area contributed by atoms with Crippen LogP contribution in [0.4, 0.5) is 0 Å². The summed E-state index contributed by atoms with van der Waals surface area (Å²) in [5.41, 5.74) is 0. The summed E-state index contributed by atoms with van der Waals surface area (Å²) in [6.07, 6.45) is 17.4. The highest BCUT2D eigenvalue weighted by Gasteiger charge is 1.99. The Kier molecular flexibility index (Phi) is 20.9. The second-order valence-corrected chi connectivity index (χ2v) is 18.6. The summed E-state index contributed by atoms with van der Waals surface area (Å²) in [6.45, 7) is 0. The lowest BCUT2D eigenvalue weighted by Crippen LogP contribution is -1.84. The molecule has 0 bridgehead atoms. The maximum Gasteiger partial charge on any atom is 0.00454 e. The van der Waals surface area contributed by atoms with Crippen molar-refractivity contribution in [1.29, 1.82) is 0 Å². The van der Waals surface area contributed by atoms with Gasteiger partial charge >= 0.3 is 0 Å². The van der Waals surface area contributed by atoms with Crippen LogP contribution in [0.1, 0.15) is 77.0 Å².